The van der Waals surface area contributed by atoms with Crippen LogP contribution >= 0.6 is 11.6 Å². The van der Waals surface area contributed by atoms with Crippen LogP contribution in [-0.2, 0) is 31.9 Å². The van der Waals surface area contributed by atoms with Crippen molar-refractivity contribution < 1.29 is 28.3 Å². The van der Waals surface area contributed by atoms with E-state index in [-0.39, 0.29) is 18.8 Å². The lowest BCUT2D eigenvalue weighted by Gasteiger charge is -2.15. The topological polar surface area (TPSA) is 87.9 Å². The van der Waals surface area contributed by atoms with Gasteiger partial charge in [0.25, 0.3) is 0 Å². The third-order valence-corrected chi connectivity index (χ3v) is 6.23. The van der Waals surface area contributed by atoms with Crippen molar-refractivity contribution in [3.05, 3.63) is 100 Å². The molecule has 7 nitrogen and oxygen atoms in total. The second kappa shape index (κ2) is 12.4. The third-order valence-electron chi connectivity index (χ3n) is 5.89. The minimum atomic E-state index is -0.490. The van der Waals surface area contributed by atoms with Crippen LogP contribution in [-0.4, -0.2) is 23.7 Å². The molecule has 0 aliphatic rings. The first kappa shape index (κ1) is 26.9. The Hall–Kier alpha value is -4.10. The molecule has 1 heterocycles. The van der Waals surface area contributed by atoms with E-state index in [9.17, 15) is 9.59 Å². The highest BCUT2D eigenvalue weighted by atomic mass is 35.5. The maximum atomic E-state index is 12.7. The molecular formula is C30H28ClNO6. The number of nitrogens with zero attached hydrogens (tertiary/aromatic N) is 1. The molecule has 0 amide bonds. The largest absolute Gasteiger partial charge is 0.466 e. The molecule has 0 unspecified atom stereocenters. The van der Waals surface area contributed by atoms with Crippen molar-refractivity contribution in [2.45, 2.75) is 39.7 Å². The summed E-state index contributed by atoms with van der Waals surface area (Å²) in [6.45, 7) is 5.71. The molecule has 4 aromatic rings. The molecule has 0 saturated heterocycles. The fourth-order valence-corrected chi connectivity index (χ4v) is 4.23. The van der Waals surface area contributed by atoms with Gasteiger partial charge in [-0.05, 0) is 68.8 Å². The molecule has 1 atom stereocenters. The maximum absolute atomic E-state index is 12.7. The normalized spacial score (nSPS) is 11.6. The Morgan fingerprint density at radius 2 is 1.58 bits per heavy atom. The Morgan fingerprint density at radius 3 is 2.24 bits per heavy atom. The van der Waals surface area contributed by atoms with E-state index in [2.05, 4.69) is 5.16 Å². The van der Waals surface area contributed by atoms with Gasteiger partial charge in [0.1, 0.15) is 17.6 Å². The van der Waals surface area contributed by atoms with Gasteiger partial charge in [0.05, 0.1) is 25.1 Å². The molecule has 0 radical (unpaired) electrons. The minimum Gasteiger partial charge on any atom is -0.466 e. The van der Waals surface area contributed by atoms with E-state index in [4.69, 9.17) is 30.3 Å². The van der Waals surface area contributed by atoms with Crippen LogP contribution in [0.4, 0.5) is 0 Å². The highest BCUT2D eigenvalue weighted by Gasteiger charge is 2.21. The summed E-state index contributed by atoms with van der Waals surface area (Å²) in [6.07, 6.45) is -0.264. The van der Waals surface area contributed by atoms with E-state index >= 15 is 0 Å². The van der Waals surface area contributed by atoms with E-state index in [1.807, 2.05) is 42.5 Å². The van der Waals surface area contributed by atoms with Gasteiger partial charge in [-0.15, -0.1) is 0 Å². The Labute approximate surface area is 226 Å². The second-order valence-electron chi connectivity index (χ2n) is 8.66. The first-order chi connectivity index (χ1) is 18.3. The number of halogens is 1. The number of carbonyl (C=O) groups excluding carboxylic acids is 2. The van der Waals surface area contributed by atoms with Crippen molar-refractivity contribution in [2.24, 2.45) is 0 Å². The van der Waals surface area contributed by atoms with Gasteiger partial charge in [0.15, 0.2) is 5.76 Å². The van der Waals surface area contributed by atoms with E-state index in [0.29, 0.717) is 40.1 Å². The number of aromatic nitrogens is 1. The summed E-state index contributed by atoms with van der Waals surface area (Å²) < 4.78 is 22.1. The molecule has 38 heavy (non-hydrogen) atoms. The molecular weight excluding hydrogens is 506 g/mol. The average molecular weight is 534 g/mol. The summed E-state index contributed by atoms with van der Waals surface area (Å²) in [5.41, 5.74) is 3.62. The Balaban J connectivity index is 1.40. The smallest absolute Gasteiger partial charge is 0.311 e. The summed E-state index contributed by atoms with van der Waals surface area (Å²) >= 11 is 6.23. The van der Waals surface area contributed by atoms with Gasteiger partial charge in [-0.25, -0.2) is 0 Å². The van der Waals surface area contributed by atoms with Crippen LogP contribution in [0.5, 0.6) is 11.5 Å². The Morgan fingerprint density at radius 1 is 0.921 bits per heavy atom. The number of carbonyl (C=O) groups is 2. The number of esters is 2. The van der Waals surface area contributed by atoms with E-state index in [1.165, 1.54) is 0 Å². The first-order valence-electron chi connectivity index (χ1n) is 12.3. The molecule has 0 N–H and O–H groups in total. The van der Waals surface area contributed by atoms with Crippen molar-refractivity contribution in [1.82, 2.24) is 5.16 Å². The highest BCUT2D eigenvalue weighted by molar-refractivity contribution is 6.31. The predicted octanol–water partition coefficient (Wildman–Crippen LogP) is 7.05. The van der Waals surface area contributed by atoms with E-state index in [0.717, 1.165) is 16.7 Å². The number of aryl methyl sites for hydroxylation is 1. The van der Waals surface area contributed by atoms with Gasteiger partial charge < -0.3 is 18.7 Å². The summed E-state index contributed by atoms with van der Waals surface area (Å²) in [4.78, 5) is 24.4. The minimum absolute atomic E-state index is 0.00978. The van der Waals surface area contributed by atoms with Crippen LogP contribution in [0.2, 0.25) is 5.02 Å². The predicted molar refractivity (Wildman–Crippen MR) is 143 cm³/mol. The average Bonchev–Trinajstić information content (AvgIpc) is 3.25. The van der Waals surface area contributed by atoms with Crippen molar-refractivity contribution in [2.75, 3.05) is 6.61 Å². The number of hydrogen-bond acceptors (Lipinski definition) is 7. The van der Waals surface area contributed by atoms with Gasteiger partial charge in [0, 0.05) is 21.7 Å². The molecule has 0 aliphatic heterocycles. The van der Waals surface area contributed by atoms with Crippen molar-refractivity contribution in [3.8, 4) is 22.8 Å². The lowest BCUT2D eigenvalue weighted by atomic mass is 10.0. The molecule has 0 aliphatic carbocycles. The zero-order valence-electron chi connectivity index (χ0n) is 21.4. The van der Waals surface area contributed by atoms with Crippen LogP contribution in [0, 0.1) is 6.92 Å². The van der Waals surface area contributed by atoms with Gasteiger partial charge >= 0.3 is 11.9 Å². The number of benzene rings is 3. The van der Waals surface area contributed by atoms with Gasteiger partial charge in [-0.3, -0.25) is 9.59 Å². The fourth-order valence-electron chi connectivity index (χ4n) is 3.94. The number of ether oxygens (including phenoxy) is 3. The second-order valence-corrected chi connectivity index (χ2v) is 9.07. The SMILES string of the molecule is CCOC(=O)Cc1ccc(Oc2ccc(-c3onc(C)c3CC(=O)O[C@H](C)c3ccccc3Cl)cc2)cc1. The van der Waals surface area contributed by atoms with Gasteiger partial charge in [-0.2, -0.15) is 0 Å². The van der Waals surface area contributed by atoms with Crippen molar-refractivity contribution in [3.63, 3.8) is 0 Å². The zero-order valence-corrected chi connectivity index (χ0v) is 22.2. The molecule has 196 valence electrons. The molecule has 4 rings (SSSR count). The lowest BCUT2D eigenvalue weighted by Crippen LogP contribution is -2.12. The molecule has 0 saturated carbocycles. The summed E-state index contributed by atoms with van der Waals surface area (Å²) in [6, 6.07) is 21.8. The maximum Gasteiger partial charge on any atom is 0.311 e. The first-order valence-corrected chi connectivity index (χ1v) is 12.6. The molecule has 8 heteroatoms. The summed E-state index contributed by atoms with van der Waals surface area (Å²) in [5, 5.41) is 4.61. The quantitative estimate of drug-likeness (QED) is 0.202. The van der Waals surface area contributed by atoms with Crippen LogP contribution in [0.25, 0.3) is 11.3 Å². The van der Waals surface area contributed by atoms with Crippen LogP contribution < -0.4 is 4.74 Å². The van der Waals surface area contributed by atoms with Gasteiger partial charge in [-0.1, -0.05) is 47.1 Å². The number of rotatable bonds is 10. The highest BCUT2D eigenvalue weighted by Crippen LogP contribution is 2.31. The van der Waals surface area contributed by atoms with E-state index in [1.54, 1.807) is 51.1 Å². The van der Waals surface area contributed by atoms with Crippen molar-refractivity contribution in [1.29, 1.82) is 0 Å². The fraction of sp³-hybridized carbons (Fsp3) is 0.233. The van der Waals surface area contributed by atoms with Crippen molar-refractivity contribution >= 4 is 23.5 Å². The van der Waals surface area contributed by atoms with Crippen LogP contribution in [0.1, 0.15) is 42.3 Å². The van der Waals surface area contributed by atoms with Crippen LogP contribution in [0.3, 0.4) is 0 Å². The monoisotopic (exact) mass is 533 g/mol. The van der Waals surface area contributed by atoms with Gasteiger partial charge in [0.2, 0.25) is 0 Å². The zero-order chi connectivity index (χ0) is 27.1. The summed E-state index contributed by atoms with van der Waals surface area (Å²) in [7, 11) is 0. The summed E-state index contributed by atoms with van der Waals surface area (Å²) in [5.74, 6) is 1.09. The standard InChI is InChI=1S/C30H28ClNO6/c1-4-35-28(33)17-21-9-13-23(14-10-21)37-24-15-11-22(12-16-24)30-26(19(2)32-38-30)18-29(34)36-20(3)25-7-5-6-8-27(25)31/h5-16,20H,4,17-18H2,1-3H3/t20-/m1/s1. The van der Waals surface area contributed by atoms with E-state index < -0.39 is 12.1 Å². The molecule has 0 fully saturated rings. The Bertz CT molecular complexity index is 1400. The molecule has 1 aromatic heterocycles. The molecule has 0 spiro atoms. The van der Waals surface area contributed by atoms with Crippen LogP contribution in [0.15, 0.2) is 77.3 Å². The third kappa shape index (κ3) is 6.81. The molecule has 0 bridgehead atoms. The Kier molecular flexibility index (Phi) is 8.81. The number of hydrogen-bond donors (Lipinski definition) is 0. The lowest BCUT2D eigenvalue weighted by molar-refractivity contribution is -0.147. The molecule has 3 aromatic carbocycles.